The summed E-state index contributed by atoms with van der Waals surface area (Å²) in [5.74, 6) is 1.70. The highest BCUT2D eigenvalue weighted by molar-refractivity contribution is 5.38. The number of hydrogen-bond acceptors (Lipinski definition) is 2. The number of piperidine rings is 1. The van der Waals surface area contributed by atoms with Gasteiger partial charge in [0, 0.05) is 0 Å². The van der Waals surface area contributed by atoms with Crippen molar-refractivity contribution in [1.29, 1.82) is 0 Å². The molecule has 1 fully saturated rings. The Morgan fingerprint density at radius 1 is 1.00 bits per heavy atom. The average Bonchev–Trinajstić information content (AvgIpc) is 3.17. The summed E-state index contributed by atoms with van der Waals surface area (Å²) in [4.78, 5) is 1.52. The van der Waals surface area contributed by atoms with Crippen LogP contribution in [-0.2, 0) is 19.3 Å². The predicted molar refractivity (Wildman–Crippen MR) is 108 cm³/mol. The molecule has 0 aromatic heterocycles. The molecule has 1 heterocycles. The zero-order valence-corrected chi connectivity index (χ0v) is 16.2. The minimum Gasteiger partial charge on any atom is -0.491 e. The molecular formula is C24H32NO2+. The number of quaternary nitrogens is 1. The summed E-state index contributed by atoms with van der Waals surface area (Å²) >= 11 is 0. The van der Waals surface area contributed by atoms with E-state index < -0.39 is 0 Å². The molecule has 0 saturated carbocycles. The van der Waals surface area contributed by atoms with Gasteiger partial charge in [0.15, 0.2) is 0 Å². The van der Waals surface area contributed by atoms with Gasteiger partial charge in [0.05, 0.1) is 13.1 Å². The van der Waals surface area contributed by atoms with E-state index in [2.05, 4.69) is 48.5 Å². The Balaban J connectivity index is 1.18. The van der Waals surface area contributed by atoms with E-state index in [1.54, 1.807) is 0 Å². The number of aliphatic hydroxyl groups excluding tert-OH is 1. The molecule has 1 aliphatic carbocycles. The van der Waals surface area contributed by atoms with Crippen LogP contribution in [0.4, 0.5) is 0 Å². The van der Waals surface area contributed by atoms with Gasteiger partial charge in [0.1, 0.15) is 25.0 Å². The fraction of sp³-hybridized carbons (Fsp3) is 0.500. The second-order valence-electron chi connectivity index (χ2n) is 8.34. The molecule has 0 spiro atoms. The molecule has 1 aliphatic heterocycles. The normalized spacial score (nSPS) is 23.0. The SMILES string of the molecule is O[C@@H](COc1ccc2c(c1)CCC2)C[NH+]1CCC(Cc2ccccc2)CC1. The fourth-order valence-corrected chi connectivity index (χ4v) is 4.66. The molecule has 0 radical (unpaired) electrons. The molecule has 0 amide bonds. The van der Waals surface area contributed by atoms with E-state index in [4.69, 9.17) is 4.74 Å². The van der Waals surface area contributed by atoms with Crippen molar-refractivity contribution < 1.29 is 14.7 Å². The number of hydrogen-bond donors (Lipinski definition) is 2. The van der Waals surface area contributed by atoms with Gasteiger partial charge < -0.3 is 14.7 Å². The van der Waals surface area contributed by atoms with Crippen molar-refractivity contribution in [3.8, 4) is 5.75 Å². The first-order valence-corrected chi connectivity index (χ1v) is 10.6. The smallest absolute Gasteiger partial charge is 0.137 e. The fourth-order valence-electron chi connectivity index (χ4n) is 4.66. The van der Waals surface area contributed by atoms with Crippen molar-refractivity contribution in [3.05, 3.63) is 65.2 Å². The van der Waals surface area contributed by atoms with Crippen LogP contribution in [0.15, 0.2) is 48.5 Å². The van der Waals surface area contributed by atoms with E-state index in [0.717, 1.165) is 37.7 Å². The maximum atomic E-state index is 10.4. The van der Waals surface area contributed by atoms with E-state index in [-0.39, 0.29) is 6.10 Å². The van der Waals surface area contributed by atoms with E-state index >= 15 is 0 Å². The molecular weight excluding hydrogens is 334 g/mol. The summed E-state index contributed by atoms with van der Waals surface area (Å²) in [7, 11) is 0. The number of nitrogens with one attached hydrogen (secondary N) is 1. The van der Waals surface area contributed by atoms with Gasteiger partial charge in [0.2, 0.25) is 0 Å². The van der Waals surface area contributed by atoms with Gasteiger partial charge in [-0.2, -0.15) is 0 Å². The molecule has 0 unspecified atom stereocenters. The second kappa shape index (κ2) is 8.90. The first-order chi connectivity index (χ1) is 13.3. The molecule has 144 valence electrons. The lowest BCUT2D eigenvalue weighted by atomic mass is 9.90. The van der Waals surface area contributed by atoms with Gasteiger partial charge in [0.25, 0.3) is 0 Å². The lowest BCUT2D eigenvalue weighted by molar-refractivity contribution is -0.909. The molecule has 2 aliphatic rings. The number of aryl methyl sites for hydroxylation is 2. The summed E-state index contributed by atoms with van der Waals surface area (Å²) in [5.41, 5.74) is 4.34. The quantitative estimate of drug-likeness (QED) is 0.789. The monoisotopic (exact) mass is 366 g/mol. The van der Waals surface area contributed by atoms with Crippen LogP contribution in [0.5, 0.6) is 5.75 Å². The van der Waals surface area contributed by atoms with Crippen LogP contribution in [-0.4, -0.2) is 37.5 Å². The third kappa shape index (κ3) is 5.12. The molecule has 2 aromatic carbocycles. The first-order valence-electron chi connectivity index (χ1n) is 10.6. The average molecular weight is 367 g/mol. The van der Waals surface area contributed by atoms with Gasteiger partial charge >= 0.3 is 0 Å². The van der Waals surface area contributed by atoms with Crippen molar-refractivity contribution in [2.24, 2.45) is 5.92 Å². The van der Waals surface area contributed by atoms with Gasteiger partial charge in [-0.15, -0.1) is 0 Å². The second-order valence-corrected chi connectivity index (χ2v) is 8.34. The zero-order valence-electron chi connectivity index (χ0n) is 16.2. The van der Waals surface area contributed by atoms with E-state index in [0.29, 0.717) is 6.61 Å². The Hall–Kier alpha value is -1.84. The van der Waals surface area contributed by atoms with E-state index in [9.17, 15) is 5.11 Å². The number of fused-ring (bicyclic) bond motifs is 1. The lowest BCUT2D eigenvalue weighted by Crippen LogP contribution is -3.14. The van der Waals surface area contributed by atoms with Crippen LogP contribution in [0.1, 0.15) is 36.0 Å². The highest BCUT2D eigenvalue weighted by Crippen LogP contribution is 2.26. The van der Waals surface area contributed by atoms with Crippen molar-refractivity contribution in [2.75, 3.05) is 26.2 Å². The van der Waals surface area contributed by atoms with Crippen LogP contribution < -0.4 is 9.64 Å². The Bertz CT molecular complexity index is 722. The number of rotatable bonds is 7. The number of aliphatic hydroxyl groups is 1. The van der Waals surface area contributed by atoms with Gasteiger partial charge in [-0.1, -0.05) is 36.4 Å². The number of likely N-dealkylation sites (tertiary alicyclic amines) is 1. The van der Waals surface area contributed by atoms with Gasteiger partial charge in [-0.05, 0) is 73.3 Å². The van der Waals surface area contributed by atoms with Gasteiger partial charge in [-0.25, -0.2) is 0 Å². The van der Waals surface area contributed by atoms with Crippen LogP contribution >= 0.6 is 0 Å². The Kier molecular flexibility index (Phi) is 6.10. The predicted octanol–water partition coefficient (Wildman–Crippen LogP) is 2.45. The molecule has 1 saturated heterocycles. The molecule has 27 heavy (non-hydrogen) atoms. The summed E-state index contributed by atoms with van der Waals surface area (Å²) in [5, 5.41) is 10.4. The Morgan fingerprint density at radius 2 is 1.78 bits per heavy atom. The number of ether oxygens (including phenoxy) is 1. The van der Waals surface area contributed by atoms with Crippen LogP contribution in [0.2, 0.25) is 0 Å². The Morgan fingerprint density at radius 3 is 2.59 bits per heavy atom. The topological polar surface area (TPSA) is 33.9 Å². The highest BCUT2D eigenvalue weighted by Gasteiger charge is 2.24. The largest absolute Gasteiger partial charge is 0.491 e. The molecule has 4 rings (SSSR count). The lowest BCUT2D eigenvalue weighted by Gasteiger charge is -2.30. The summed E-state index contributed by atoms with van der Waals surface area (Å²) in [6.07, 6.45) is 6.92. The molecule has 3 nitrogen and oxygen atoms in total. The van der Waals surface area contributed by atoms with Gasteiger partial charge in [-0.3, -0.25) is 0 Å². The van der Waals surface area contributed by atoms with Crippen molar-refractivity contribution >= 4 is 0 Å². The summed E-state index contributed by atoms with van der Waals surface area (Å²) in [6, 6.07) is 17.2. The highest BCUT2D eigenvalue weighted by atomic mass is 16.5. The molecule has 3 heteroatoms. The van der Waals surface area contributed by atoms with Crippen molar-refractivity contribution in [2.45, 2.75) is 44.6 Å². The standard InChI is InChI=1S/C24H31NO2/c26-23(18-27-24-10-9-21-7-4-8-22(21)16-24)17-25-13-11-20(12-14-25)15-19-5-2-1-3-6-19/h1-3,5-6,9-10,16,20,23,26H,4,7-8,11-15,17-18H2/p+1/t23-/m1/s1. The minimum absolute atomic E-state index is 0.390. The van der Waals surface area contributed by atoms with E-state index in [1.807, 2.05) is 0 Å². The molecule has 1 atom stereocenters. The van der Waals surface area contributed by atoms with Crippen LogP contribution in [0, 0.1) is 5.92 Å². The maximum Gasteiger partial charge on any atom is 0.137 e. The van der Waals surface area contributed by atoms with Crippen LogP contribution in [0.25, 0.3) is 0 Å². The number of benzene rings is 2. The molecule has 2 aromatic rings. The minimum atomic E-state index is -0.390. The zero-order chi connectivity index (χ0) is 18.5. The molecule has 0 bridgehead atoms. The summed E-state index contributed by atoms with van der Waals surface area (Å²) in [6.45, 7) is 3.51. The first kappa shape index (κ1) is 18.5. The molecule has 2 N–H and O–H groups in total. The Labute approximate surface area is 163 Å². The van der Waals surface area contributed by atoms with Crippen molar-refractivity contribution in [3.63, 3.8) is 0 Å². The third-order valence-corrected chi connectivity index (χ3v) is 6.22. The third-order valence-electron chi connectivity index (χ3n) is 6.22. The van der Waals surface area contributed by atoms with Crippen molar-refractivity contribution in [1.82, 2.24) is 0 Å². The summed E-state index contributed by atoms with van der Waals surface area (Å²) < 4.78 is 5.87. The maximum absolute atomic E-state index is 10.4. The van der Waals surface area contributed by atoms with E-state index in [1.165, 1.54) is 53.7 Å². The van der Waals surface area contributed by atoms with Crippen LogP contribution in [0.3, 0.4) is 0 Å².